The van der Waals surface area contributed by atoms with Crippen LogP contribution in [0.25, 0.3) is 6.08 Å². The summed E-state index contributed by atoms with van der Waals surface area (Å²) in [4.78, 5) is 25.9. The summed E-state index contributed by atoms with van der Waals surface area (Å²) in [6, 6.07) is 5.75. The number of carbonyl (C=O) groups excluding carboxylic acids is 1. The first-order valence-corrected chi connectivity index (χ1v) is 7.12. The van der Waals surface area contributed by atoms with E-state index in [0.717, 1.165) is 23.8 Å². The van der Waals surface area contributed by atoms with Gasteiger partial charge in [-0.05, 0) is 31.1 Å². The molecule has 1 saturated carbocycles. The average molecular weight is 290 g/mol. The zero-order valence-corrected chi connectivity index (χ0v) is 11.6. The predicted molar refractivity (Wildman–Crippen MR) is 75.3 cm³/mol. The number of carboxylic acids is 1. The van der Waals surface area contributed by atoms with E-state index in [9.17, 15) is 9.59 Å². The second kappa shape index (κ2) is 6.35. The number of thiophene rings is 1. The molecule has 1 heterocycles. The van der Waals surface area contributed by atoms with Crippen molar-refractivity contribution in [3.63, 3.8) is 0 Å². The highest BCUT2D eigenvalue weighted by molar-refractivity contribution is 7.14. The van der Waals surface area contributed by atoms with Crippen LogP contribution in [0.15, 0.2) is 18.2 Å². The molecule has 0 saturated heterocycles. The number of hydrogen-bond donors (Lipinski definition) is 1. The van der Waals surface area contributed by atoms with Crippen LogP contribution >= 0.6 is 11.3 Å². The van der Waals surface area contributed by atoms with Gasteiger partial charge in [0, 0.05) is 23.5 Å². The van der Waals surface area contributed by atoms with Crippen LogP contribution in [-0.4, -0.2) is 34.5 Å². The molecule has 0 aromatic carbocycles. The molecule has 1 aliphatic rings. The van der Waals surface area contributed by atoms with Gasteiger partial charge in [-0.1, -0.05) is 0 Å². The summed E-state index contributed by atoms with van der Waals surface area (Å²) in [7, 11) is 0. The Morgan fingerprint density at radius 2 is 2.25 bits per heavy atom. The topological polar surface area (TPSA) is 81.4 Å². The molecule has 20 heavy (non-hydrogen) atoms. The van der Waals surface area contributed by atoms with Gasteiger partial charge in [0.1, 0.15) is 0 Å². The van der Waals surface area contributed by atoms with Gasteiger partial charge in [-0.25, -0.2) is 4.79 Å². The van der Waals surface area contributed by atoms with E-state index < -0.39 is 5.97 Å². The van der Waals surface area contributed by atoms with Crippen molar-refractivity contribution in [2.75, 3.05) is 6.54 Å². The van der Waals surface area contributed by atoms with Gasteiger partial charge in [0.2, 0.25) is 0 Å². The maximum Gasteiger partial charge on any atom is 0.328 e. The maximum absolute atomic E-state index is 12.4. The van der Waals surface area contributed by atoms with E-state index in [2.05, 4.69) is 6.07 Å². The van der Waals surface area contributed by atoms with Gasteiger partial charge in [0.05, 0.1) is 17.4 Å². The molecule has 1 fully saturated rings. The lowest BCUT2D eigenvalue weighted by Crippen LogP contribution is -2.33. The third-order valence-corrected chi connectivity index (χ3v) is 3.98. The van der Waals surface area contributed by atoms with Crippen LogP contribution < -0.4 is 0 Å². The summed E-state index contributed by atoms with van der Waals surface area (Å²) >= 11 is 1.27. The van der Waals surface area contributed by atoms with E-state index in [4.69, 9.17) is 10.4 Å². The minimum absolute atomic E-state index is 0.0669. The number of carboxylic acid groups (broad SMARTS) is 1. The van der Waals surface area contributed by atoms with E-state index in [0.29, 0.717) is 17.8 Å². The lowest BCUT2D eigenvalue weighted by molar-refractivity contribution is -0.131. The fourth-order valence-electron chi connectivity index (χ4n) is 1.86. The van der Waals surface area contributed by atoms with Crippen LogP contribution in [0, 0.1) is 11.3 Å². The molecular formula is C14H14N2O3S. The van der Waals surface area contributed by atoms with Crippen molar-refractivity contribution < 1.29 is 14.7 Å². The van der Waals surface area contributed by atoms with Crippen LogP contribution in [0.2, 0.25) is 0 Å². The Morgan fingerprint density at radius 1 is 1.50 bits per heavy atom. The summed E-state index contributed by atoms with van der Waals surface area (Å²) in [5.41, 5.74) is 0. The highest BCUT2D eigenvalue weighted by atomic mass is 32.1. The second-order valence-corrected chi connectivity index (χ2v) is 5.63. The molecule has 5 nitrogen and oxygen atoms in total. The Labute approximate surface area is 120 Å². The molecule has 104 valence electrons. The van der Waals surface area contributed by atoms with E-state index in [1.54, 1.807) is 17.0 Å². The van der Waals surface area contributed by atoms with Crippen molar-refractivity contribution in [2.24, 2.45) is 0 Å². The highest BCUT2D eigenvalue weighted by Crippen LogP contribution is 2.30. The number of amides is 1. The van der Waals surface area contributed by atoms with Crippen molar-refractivity contribution in [2.45, 2.75) is 25.3 Å². The SMILES string of the molecule is N#CCCN(C(=O)c1ccc(C=CC(=O)O)s1)C1CC1. The molecule has 1 amide bonds. The molecule has 6 heteroatoms. The molecule has 1 N–H and O–H groups in total. The first-order valence-electron chi connectivity index (χ1n) is 6.30. The Bertz CT molecular complexity index is 581. The number of rotatable bonds is 6. The summed E-state index contributed by atoms with van der Waals surface area (Å²) in [5.74, 6) is -1.08. The molecule has 1 aliphatic carbocycles. The molecule has 0 spiro atoms. The van der Waals surface area contributed by atoms with Gasteiger partial charge in [-0.15, -0.1) is 11.3 Å². The summed E-state index contributed by atoms with van der Waals surface area (Å²) in [5, 5.41) is 17.2. The van der Waals surface area contributed by atoms with Crippen LogP contribution in [0.3, 0.4) is 0 Å². The van der Waals surface area contributed by atoms with Crippen molar-refractivity contribution in [1.29, 1.82) is 5.26 Å². The molecule has 0 radical (unpaired) electrons. The predicted octanol–water partition coefficient (Wildman–Crippen LogP) is 2.36. The van der Waals surface area contributed by atoms with Crippen molar-refractivity contribution in [3.8, 4) is 6.07 Å². The molecule has 0 unspecified atom stereocenters. The van der Waals surface area contributed by atoms with E-state index >= 15 is 0 Å². The fraction of sp³-hybridized carbons (Fsp3) is 0.357. The van der Waals surface area contributed by atoms with Crippen LogP contribution in [0.4, 0.5) is 0 Å². The Hall–Kier alpha value is -2.13. The smallest absolute Gasteiger partial charge is 0.328 e. The monoisotopic (exact) mass is 290 g/mol. The van der Waals surface area contributed by atoms with Crippen molar-refractivity contribution in [3.05, 3.63) is 28.0 Å². The third kappa shape index (κ3) is 3.68. The average Bonchev–Trinajstić information content (AvgIpc) is 3.14. The highest BCUT2D eigenvalue weighted by Gasteiger charge is 2.33. The normalized spacial score (nSPS) is 14.2. The van der Waals surface area contributed by atoms with Crippen LogP contribution in [0.1, 0.15) is 33.8 Å². The lowest BCUT2D eigenvalue weighted by atomic mass is 10.3. The van der Waals surface area contributed by atoms with Gasteiger partial charge in [0.25, 0.3) is 5.91 Å². The lowest BCUT2D eigenvalue weighted by Gasteiger charge is -2.20. The van der Waals surface area contributed by atoms with E-state index in [1.807, 2.05) is 0 Å². The summed E-state index contributed by atoms with van der Waals surface area (Å²) in [6.45, 7) is 0.457. The first kappa shape index (κ1) is 14.3. The number of aliphatic carboxylic acids is 1. The number of nitrogens with zero attached hydrogens (tertiary/aromatic N) is 2. The van der Waals surface area contributed by atoms with E-state index in [1.165, 1.54) is 17.4 Å². The Morgan fingerprint density at radius 3 is 2.85 bits per heavy atom. The van der Waals surface area contributed by atoms with Gasteiger partial charge in [0.15, 0.2) is 0 Å². The number of hydrogen-bond acceptors (Lipinski definition) is 4. The molecule has 1 aromatic heterocycles. The number of carbonyl (C=O) groups is 2. The molecule has 1 aromatic rings. The molecule has 2 rings (SSSR count). The summed E-state index contributed by atoms with van der Waals surface area (Å²) < 4.78 is 0. The van der Waals surface area contributed by atoms with Gasteiger partial charge in [-0.3, -0.25) is 4.79 Å². The summed E-state index contributed by atoms with van der Waals surface area (Å²) in [6.07, 6.45) is 4.84. The maximum atomic E-state index is 12.4. The molecular weight excluding hydrogens is 276 g/mol. The van der Waals surface area contributed by atoms with Gasteiger partial charge >= 0.3 is 5.97 Å². The molecule has 0 bridgehead atoms. The number of nitriles is 1. The fourth-order valence-corrected chi connectivity index (χ4v) is 2.73. The van der Waals surface area contributed by atoms with Crippen LogP contribution in [-0.2, 0) is 4.79 Å². The van der Waals surface area contributed by atoms with E-state index in [-0.39, 0.29) is 11.9 Å². The minimum Gasteiger partial charge on any atom is -0.478 e. The van der Waals surface area contributed by atoms with Gasteiger partial charge < -0.3 is 10.0 Å². The molecule has 0 atom stereocenters. The van der Waals surface area contributed by atoms with Crippen molar-refractivity contribution in [1.82, 2.24) is 4.90 Å². The Balaban J connectivity index is 2.07. The van der Waals surface area contributed by atoms with Crippen LogP contribution in [0.5, 0.6) is 0 Å². The molecule has 0 aliphatic heterocycles. The van der Waals surface area contributed by atoms with Crippen molar-refractivity contribution >= 4 is 29.3 Å². The quantitative estimate of drug-likeness (QED) is 0.815. The first-order chi connectivity index (χ1) is 9.61. The largest absolute Gasteiger partial charge is 0.478 e. The third-order valence-electron chi connectivity index (χ3n) is 2.94. The standard InChI is InChI=1S/C14H14N2O3S/c15-8-1-9-16(10-2-3-10)14(19)12-6-4-11(20-12)5-7-13(17)18/h4-7,10H,1-3,9H2,(H,17,18). The zero-order valence-electron chi connectivity index (χ0n) is 10.8. The Kier molecular flexibility index (Phi) is 4.53. The minimum atomic E-state index is -1.01. The second-order valence-electron chi connectivity index (χ2n) is 4.51. The zero-order chi connectivity index (χ0) is 14.5. The van der Waals surface area contributed by atoms with Gasteiger partial charge in [-0.2, -0.15) is 5.26 Å².